The number of rotatable bonds is 5. The second-order valence-electron chi connectivity index (χ2n) is 5.43. The monoisotopic (exact) mass is 282 g/mol. The Hall–Kier alpha value is -1.17. The van der Waals surface area contributed by atoms with E-state index in [1.54, 1.807) is 6.07 Å². The van der Waals surface area contributed by atoms with Crippen LogP contribution in [-0.4, -0.2) is 43.6 Å². The Morgan fingerprint density at radius 1 is 1.50 bits per heavy atom. The Balaban J connectivity index is 2.16. The summed E-state index contributed by atoms with van der Waals surface area (Å²) in [4.78, 5) is 2.15. The molecule has 5 heteroatoms. The molecule has 112 valence electrons. The zero-order valence-corrected chi connectivity index (χ0v) is 12.1. The van der Waals surface area contributed by atoms with Crippen molar-refractivity contribution in [1.29, 1.82) is 0 Å². The molecule has 4 nitrogen and oxygen atoms in total. The van der Waals surface area contributed by atoms with Crippen LogP contribution in [0.1, 0.15) is 19.4 Å². The Morgan fingerprint density at radius 2 is 2.30 bits per heavy atom. The smallest absolute Gasteiger partial charge is 0.123 e. The number of aliphatic hydroxyl groups is 1. The molecule has 1 unspecified atom stereocenters. The minimum Gasteiger partial charge on any atom is -0.394 e. The molecule has 1 atom stereocenters. The van der Waals surface area contributed by atoms with Gasteiger partial charge in [-0.05, 0) is 23.8 Å². The number of morpholine rings is 1. The largest absolute Gasteiger partial charge is 0.394 e. The maximum Gasteiger partial charge on any atom is 0.123 e. The van der Waals surface area contributed by atoms with E-state index in [9.17, 15) is 9.50 Å². The Kier molecular flexibility index (Phi) is 5.34. The lowest BCUT2D eigenvalue weighted by molar-refractivity contribution is 0.00352. The quantitative estimate of drug-likeness (QED) is 0.859. The number of benzene rings is 1. The molecule has 2 N–H and O–H groups in total. The van der Waals surface area contributed by atoms with Crippen LogP contribution in [0.2, 0.25) is 0 Å². The summed E-state index contributed by atoms with van der Waals surface area (Å²) in [6.07, 6.45) is -0.167. The third-order valence-corrected chi connectivity index (χ3v) is 3.43. The van der Waals surface area contributed by atoms with E-state index >= 15 is 0 Å². The van der Waals surface area contributed by atoms with Crippen LogP contribution < -0.4 is 10.2 Å². The number of hydrogen-bond acceptors (Lipinski definition) is 4. The Morgan fingerprint density at radius 3 is 3.00 bits per heavy atom. The lowest BCUT2D eigenvalue weighted by Gasteiger charge is -2.35. The number of nitrogens with zero attached hydrogens (tertiary/aromatic N) is 1. The van der Waals surface area contributed by atoms with Gasteiger partial charge in [0.2, 0.25) is 0 Å². The average molecular weight is 282 g/mol. The van der Waals surface area contributed by atoms with Gasteiger partial charge >= 0.3 is 0 Å². The number of ether oxygens (including phenoxy) is 1. The zero-order chi connectivity index (χ0) is 14.5. The normalized spacial score (nSPS) is 19.6. The second-order valence-corrected chi connectivity index (χ2v) is 5.43. The molecule has 0 spiro atoms. The fourth-order valence-corrected chi connectivity index (χ4v) is 2.37. The van der Waals surface area contributed by atoms with Crippen molar-refractivity contribution in [1.82, 2.24) is 5.32 Å². The molecular formula is C15H23FN2O2. The highest BCUT2D eigenvalue weighted by Gasteiger charge is 2.21. The van der Waals surface area contributed by atoms with Crippen LogP contribution in [0, 0.1) is 5.82 Å². The van der Waals surface area contributed by atoms with Crippen LogP contribution in [0.4, 0.5) is 10.1 Å². The van der Waals surface area contributed by atoms with E-state index in [2.05, 4.69) is 24.1 Å². The molecule has 1 fully saturated rings. The van der Waals surface area contributed by atoms with Gasteiger partial charge < -0.3 is 20.1 Å². The highest BCUT2D eigenvalue weighted by Crippen LogP contribution is 2.24. The molecule has 20 heavy (non-hydrogen) atoms. The molecule has 1 heterocycles. The molecule has 0 bridgehead atoms. The lowest BCUT2D eigenvalue weighted by atomic mass is 10.1. The molecule has 1 aromatic carbocycles. The summed E-state index contributed by atoms with van der Waals surface area (Å²) in [5.74, 6) is -0.221. The van der Waals surface area contributed by atoms with E-state index in [0.29, 0.717) is 25.7 Å². The summed E-state index contributed by atoms with van der Waals surface area (Å²) in [6.45, 7) is 6.75. The molecule has 2 rings (SSSR count). The van der Waals surface area contributed by atoms with Gasteiger partial charge in [-0.1, -0.05) is 13.8 Å². The first kappa shape index (κ1) is 15.2. The second kappa shape index (κ2) is 7.02. The molecule has 0 amide bonds. The van der Waals surface area contributed by atoms with Gasteiger partial charge in [0.25, 0.3) is 0 Å². The van der Waals surface area contributed by atoms with E-state index in [1.165, 1.54) is 6.07 Å². The average Bonchev–Trinajstić information content (AvgIpc) is 2.45. The van der Waals surface area contributed by atoms with E-state index in [0.717, 1.165) is 17.8 Å². The van der Waals surface area contributed by atoms with Gasteiger partial charge in [0.05, 0.1) is 19.3 Å². The zero-order valence-electron chi connectivity index (χ0n) is 12.1. The number of aliphatic hydroxyl groups excluding tert-OH is 1. The van der Waals surface area contributed by atoms with Crippen LogP contribution in [0.25, 0.3) is 0 Å². The van der Waals surface area contributed by atoms with Gasteiger partial charge in [0.1, 0.15) is 5.82 Å². The molecule has 0 aliphatic carbocycles. The van der Waals surface area contributed by atoms with Gasteiger partial charge in [0, 0.05) is 31.4 Å². The van der Waals surface area contributed by atoms with Crippen LogP contribution in [0.5, 0.6) is 0 Å². The molecule has 0 radical (unpaired) electrons. The summed E-state index contributed by atoms with van der Waals surface area (Å²) in [7, 11) is 0. The van der Waals surface area contributed by atoms with Crippen molar-refractivity contribution >= 4 is 5.69 Å². The summed E-state index contributed by atoms with van der Waals surface area (Å²) < 4.78 is 18.9. The van der Waals surface area contributed by atoms with E-state index in [-0.39, 0.29) is 18.5 Å². The minimum atomic E-state index is -0.221. The van der Waals surface area contributed by atoms with Gasteiger partial charge in [-0.2, -0.15) is 0 Å². The third-order valence-electron chi connectivity index (χ3n) is 3.43. The van der Waals surface area contributed by atoms with Gasteiger partial charge in [-0.3, -0.25) is 0 Å². The Bertz CT molecular complexity index is 440. The molecule has 1 aliphatic rings. The van der Waals surface area contributed by atoms with Crippen LogP contribution in [0.3, 0.4) is 0 Å². The van der Waals surface area contributed by atoms with Crippen molar-refractivity contribution in [3.05, 3.63) is 29.6 Å². The van der Waals surface area contributed by atoms with Crippen molar-refractivity contribution in [2.75, 3.05) is 31.2 Å². The van der Waals surface area contributed by atoms with Gasteiger partial charge in [-0.25, -0.2) is 4.39 Å². The van der Waals surface area contributed by atoms with Crippen LogP contribution in [-0.2, 0) is 11.3 Å². The number of anilines is 1. The topological polar surface area (TPSA) is 44.7 Å². The molecule has 0 aromatic heterocycles. The first-order valence-corrected chi connectivity index (χ1v) is 7.09. The van der Waals surface area contributed by atoms with Crippen LogP contribution in [0.15, 0.2) is 18.2 Å². The maximum atomic E-state index is 13.5. The highest BCUT2D eigenvalue weighted by molar-refractivity contribution is 5.54. The standard InChI is InChI=1S/C15H23FN2O2/c1-11(2)17-8-12-7-13(16)3-4-15(12)18-5-6-20-14(9-18)10-19/h3-4,7,11,14,17,19H,5-6,8-10H2,1-2H3. The summed E-state index contributed by atoms with van der Waals surface area (Å²) in [6, 6.07) is 5.22. The van der Waals surface area contributed by atoms with Crippen molar-refractivity contribution in [3.63, 3.8) is 0 Å². The Labute approximate surface area is 119 Å². The highest BCUT2D eigenvalue weighted by atomic mass is 19.1. The number of hydrogen-bond donors (Lipinski definition) is 2. The van der Waals surface area contributed by atoms with E-state index in [1.807, 2.05) is 6.07 Å². The summed E-state index contributed by atoms with van der Waals surface area (Å²) in [5.41, 5.74) is 1.96. The van der Waals surface area contributed by atoms with Crippen molar-refractivity contribution < 1.29 is 14.2 Å². The van der Waals surface area contributed by atoms with Gasteiger partial charge in [-0.15, -0.1) is 0 Å². The lowest BCUT2D eigenvalue weighted by Crippen LogP contribution is -2.44. The molecule has 0 saturated carbocycles. The van der Waals surface area contributed by atoms with Crippen molar-refractivity contribution in [2.45, 2.75) is 32.5 Å². The van der Waals surface area contributed by atoms with E-state index in [4.69, 9.17) is 4.74 Å². The molecule has 1 aliphatic heterocycles. The third kappa shape index (κ3) is 3.91. The fraction of sp³-hybridized carbons (Fsp3) is 0.600. The maximum absolute atomic E-state index is 13.5. The van der Waals surface area contributed by atoms with Gasteiger partial charge in [0.15, 0.2) is 0 Å². The molecule has 1 saturated heterocycles. The fourth-order valence-electron chi connectivity index (χ4n) is 2.37. The minimum absolute atomic E-state index is 0.0112. The summed E-state index contributed by atoms with van der Waals surface area (Å²) >= 11 is 0. The predicted octanol–water partition coefficient (Wildman–Crippen LogP) is 1.52. The predicted molar refractivity (Wildman–Crippen MR) is 77.4 cm³/mol. The molecule has 1 aromatic rings. The number of nitrogens with one attached hydrogen (secondary N) is 1. The SMILES string of the molecule is CC(C)NCc1cc(F)ccc1N1CCOC(CO)C1. The first-order valence-electron chi connectivity index (χ1n) is 7.09. The van der Waals surface area contributed by atoms with Crippen LogP contribution >= 0.6 is 0 Å². The first-order chi connectivity index (χ1) is 9.60. The van der Waals surface area contributed by atoms with Crippen molar-refractivity contribution in [2.24, 2.45) is 0 Å². The van der Waals surface area contributed by atoms with E-state index < -0.39 is 0 Å². The molecular weight excluding hydrogens is 259 g/mol. The number of halogens is 1. The summed E-state index contributed by atoms with van der Waals surface area (Å²) in [5, 5.41) is 12.5. The van der Waals surface area contributed by atoms with Crippen molar-refractivity contribution in [3.8, 4) is 0 Å².